The average Bonchev–Trinajstić information content (AvgIpc) is 2.54. The summed E-state index contributed by atoms with van der Waals surface area (Å²) in [4.78, 5) is 25.4. The summed E-state index contributed by atoms with van der Waals surface area (Å²) in [5, 5.41) is 8.90. The van der Waals surface area contributed by atoms with Crippen molar-refractivity contribution in [3.63, 3.8) is 0 Å². The van der Waals surface area contributed by atoms with Gasteiger partial charge < -0.3 is 10.1 Å². The summed E-state index contributed by atoms with van der Waals surface area (Å²) in [6, 6.07) is 2.72. The number of nitrogens with zero attached hydrogens (tertiary/aromatic N) is 2. The van der Waals surface area contributed by atoms with Crippen LogP contribution in [0, 0.1) is 0 Å². The zero-order valence-electron chi connectivity index (χ0n) is 12.5. The SMILES string of the molecule is CC[C@@](C)(CNC(=O)c1ccc(=O)[nH]n1)N1CCOCC1. The number of rotatable bonds is 5. The lowest BCUT2D eigenvalue weighted by molar-refractivity contribution is -0.0169. The number of nitrogens with one attached hydrogen (secondary N) is 2. The van der Waals surface area contributed by atoms with Gasteiger partial charge in [-0.15, -0.1) is 0 Å². The Morgan fingerprint density at radius 2 is 2.19 bits per heavy atom. The summed E-state index contributed by atoms with van der Waals surface area (Å²) >= 11 is 0. The average molecular weight is 294 g/mol. The van der Waals surface area contributed by atoms with E-state index in [4.69, 9.17) is 4.74 Å². The number of carbonyl (C=O) groups is 1. The van der Waals surface area contributed by atoms with Crippen LogP contribution in [0.15, 0.2) is 16.9 Å². The highest BCUT2D eigenvalue weighted by atomic mass is 16.5. The van der Waals surface area contributed by atoms with Crippen molar-refractivity contribution < 1.29 is 9.53 Å². The van der Waals surface area contributed by atoms with E-state index in [0.717, 1.165) is 32.7 Å². The number of carbonyl (C=O) groups excluding carboxylic acids is 1. The third kappa shape index (κ3) is 3.89. The topological polar surface area (TPSA) is 87.3 Å². The molecule has 0 radical (unpaired) electrons. The van der Waals surface area contributed by atoms with E-state index >= 15 is 0 Å². The van der Waals surface area contributed by atoms with Gasteiger partial charge in [-0.05, 0) is 19.4 Å². The molecule has 0 unspecified atom stereocenters. The molecule has 1 aliphatic heterocycles. The van der Waals surface area contributed by atoms with Crippen molar-refractivity contribution in [3.05, 3.63) is 28.2 Å². The van der Waals surface area contributed by atoms with E-state index in [1.165, 1.54) is 12.1 Å². The third-order valence-corrected chi connectivity index (χ3v) is 4.08. The molecule has 116 valence electrons. The molecular formula is C14H22N4O3. The maximum absolute atomic E-state index is 12.1. The van der Waals surface area contributed by atoms with Crippen molar-refractivity contribution in [2.75, 3.05) is 32.8 Å². The minimum absolute atomic E-state index is 0.109. The lowest BCUT2D eigenvalue weighted by Gasteiger charge is -2.43. The Kier molecular flexibility index (Phi) is 5.08. The number of amides is 1. The number of aromatic amines is 1. The van der Waals surface area contributed by atoms with Crippen LogP contribution in [-0.4, -0.2) is 59.4 Å². The summed E-state index contributed by atoms with van der Waals surface area (Å²) in [7, 11) is 0. The molecule has 1 saturated heterocycles. The van der Waals surface area contributed by atoms with Gasteiger partial charge in [0.2, 0.25) is 0 Å². The molecular weight excluding hydrogens is 272 g/mol. The molecule has 0 aromatic carbocycles. The molecule has 1 fully saturated rings. The first kappa shape index (κ1) is 15.7. The zero-order valence-corrected chi connectivity index (χ0v) is 12.5. The first-order valence-corrected chi connectivity index (χ1v) is 7.22. The molecule has 1 amide bonds. The van der Waals surface area contributed by atoms with Crippen molar-refractivity contribution in [1.29, 1.82) is 0 Å². The molecule has 1 aromatic rings. The minimum Gasteiger partial charge on any atom is -0.379 e. The fourth-order valence-electron chi connectivity index (χ4n) is 2.40. The van der Waals surface area contributed by atoms with Crippen LogP contribution in [0.3, 0.4) is 0 Å². The van der Waals surface area contributed by atoms with Crippen LogP contribution in [0.1, 0.15) is 30.8 Å². The van der Waals surface area contributed by atoms with E-state index < -0.39 is 0 Å². The van der Waals surface area contributed by atoms with Crippen LogP contribution in [0.4, 0.5) is 0 Å². The smallest absolute Gasteiger partial charge is 0.271 e. The van der Waals surface area contributed by atoms with Gasteiger partial charge in [0.1, 0.15) is 5.69 Å². The number of hydrogen-bond donors (Lipinski definition) is 2. The van der Waals surface area contributed by atoms with Gasteiger partial charge in [-0.25, -0.2) is 5.10 Å². The van der Waals surface area contributed by atoms with Crippen LogP contribution >= 0.6 is 0 Å². The summed E-state index contributed by atoms with van der Waals surface area (Å²) in [5.74, 6) is -0.279. The normalized spacial score (nSPS) is 19.0. The molecule has 2 rings (SSSR count). The molecule has 1 atom stereocenters. The lowest BCUT2D eigenvalue weighted by atomic mass is 9.95. The Labute approximate surface area is 123 Å². The largest absolute Gasteiger partial charge is 0.379 e. The second-order valence-corrected chi connectivity index (χ2v) is 5.44. The molecule has 1 aromatic heterocycles. The first-order chi connectivity index (χ1) is 10.0. The van der Waals surface area contributed by atoms with Crippen molar-refractivity contribution in [3.8, 4) is 0 Å². The highest BCUT2D eigenvalue weighted by molar-refractivity contribution is 5.92. The third-order valence-electron chi connectivity index (χ3n) is 4.08. The molecule has 2 N–H and O–H groups in total. The van der Waals surface area contributed by atoms with E-state index in [0.29, 0.717) is 6.54 Å². The van der Waals surface area contributed by atoms with Gasteiger partial charge in [-0.3, -0.25) is 14.5 Å². The molecule has 0 saturated carbocycles. The van der Waals surface area contributed by atoms with E-state index in [2.05, 4.69) is 34.3 Å². The fourth-order valence-corrected chi connectivity index (χ4v) is 2.40. The fraction of sp³-hybridized carbons (Fsp3) is 0.643. The molecule has 7 heteroatoms. The van der Waals surface area contributed by atoms with Crippen molar-refractivity contribution in [1.82, 2.24) is 20.4 Å². The van der Waals surface area contributed by atoms with Crippen LogP contribution in [-0.2, 0) is 4.74 Å². The number of hydrogen-bond acceptors (Lipinski definition) is 5. The summed E-state index contributed by atoms with van der Waals surface area (Å²) in [6.45, 7) is 7.98. The Morgan fingerprint density at radius 1 is 1.48 bits per heavy atom. The Balaban J connectivity index is 1.97. The van der Waals surface area contributed by atoms with Gasteiger partial charge in [-0.2, -0.15) is 5.10 Å². The van der Waals surface area contributed by atoms with Gasteiger partial charge in [-0.1, -0.05) is 6.92 Å². The highest BCUT2D eigenvalue weighted by Gasteiger charge is 2.31. The number of H-pyrrole nitrogens is 1. The summed E-state index contributed by atoms with van der Waals surface area (Å²) in [6.07, 6.45) is 0.923. The van der Waals surface area contributed by atoms with Crippen molar-refractivity contribution >= 4 is 5.91 Å². The summed E-state index contributed by atoms with van der Waals surface area (Å²) in [5.41, 5.74) is -0.213. The lowest BCUT2D eigenvalue weighted by Crippen LogP contribution is -2.56. The number of ether oxygens (including phenoxy) is 1. The molecule has 0 bridgehead atoms. The molecule has 1 aliphatic rings. The highest BCUT2D eigenvalue weighted by Crippen LogP contribution is 2.20. The van der Waals surface area contributed by atoms with Gasteiger partial charge in [0.05, 0.1) is 13.2 Å². The van der Waals surface area contributed by atoms with E-state index in [1.54, 1.807) is 0 Å². The molecule has 0 spiro atoms. The second kappa shape index (κ2) is 6.82. The zero-order chi connectivity index (χ0) is 15.3. The Bertz CT molecular complexity index is 519. The predicted molar refractivity (Wildman–Crippen MR) is 78.3 cm³/mol. The quantitative estimate of drug-likeness (QED) is 0.798. The molecule has 2 heterocycles. The van der Waals surface area contributed by atoms with Crippen molar-refractivity contribution in [2.45, 2.75) is 25.8 Å². The molecule has 7 nitrogen and oxygen atoms in total. The van der Waals surface area contributed by atoms with Gasteiger partial charge in [0.15, 0.2) is 0 Å². The second-order valence-electron chi connectivity index (χ2n) is 5.44. The van der Waals surface area contributed by atoms with Gasteiger partial charge >= 0.3 is 0 Å². The summed E-state index contributed by atoms with van der Waals surface area (Å²) < 4.78 is 5.37. The van der Waals surface area contributed by atoms with Crippen LogP contribution < -0.4 is 10.9 Å². The Morgan fingerprint density at radius 3 is 2.76 bits per heavy atom. The van der Waals surface area contributed by atoms with Crippen LogP contribution in [0.25, 0.3) is 0 Å². The molecule has 0 aliphatic carbocycles. The predicted octanol–water partition coefficient (Wildman–Crippen LogP) is 0.000600. The van der Waals surface area contributed by atoms with Gasteiger partial charge in [0.25, 0.3) is 11.5 Å². The van der Waals surface area contributed by atoms with Crippen LogP contribution in [0.2, 0.25) is 0 Å². The van der Waals surface area contributed by atoms with E-state index in [9.17, 15) is 9.59 Å². The number of aromatic nitrogens is 2. The standard InChI is InChI=1S/C14H22N4O3/c1-3-14(2,18-6-8-21-9-7-18)10-15-13(20)11-4-5-12(19)17-16-11/h4-5H,3,6-10H2,1-2H3,(H,15,20)(H,17,19)/t14-/m0/s1. The van der Waals surface area contributed by atoms with Gasteiger partial charge in [0, 0.05) is 31.2 Å². The van der Waals surface area contributed by atoms with Crippen molar-refractivity contribution in [2.24, 2.45) is 0 Å². The first-order valence-electron chi connectivity index (χ1n) is 7.22. The maximum atomic E-state index is 12.1. The number of morpholine rings is 1. The van der Waals surface area contributed by atoms with E-state index in [1.807, 2.05) is 0 Å². The monoisotopic (exact) mass is 294 g/mol. The van der Waals surface area contributed by atoms with E-state index in [-0.39, 0.29) is 22.7 Å². The minimum atomic E-state index is -0.321. The molecule has 21 heavy (non-hydrogen) atoms. The maximum Gasteiger partial charge on any atom is 0.271 e. The Hall–Kier alpha value is -1.73. The van der Waals surface area contributed by atoms with Crippen LogP contribution in [0.5, 0.6) is 0 Å².